The zero-order chi connectivity index (χ0) is 21.2. The maximum atomic E-state index is 13.4. The van der Waals surface area contributed by atoms with E-state index in [1.54, 1.807) is 13.0 Å². The Bertz CT molecular complexity index is 1130. The first kappa shape index (κ1) is 20.1. The third-order valence-corrected chi connectivity index (χ3v) is 4.18. The Labute approximate surface area is 162 Å². The van der Waals surface area contributed by atoms with E-state index in [4.69, 9.17) is 0 Å². The number of nitrogens with one attached hydrogen (secondary N) is 2. The lowest BCUT2D eigenvalue weighted by Gasteiger charge is -2.14. The molecule has 0 aromatic carbocycles. The average Bonchev–Trinajstić information content (AvgIpc) is 2.69. The van der Waals surface area contributed by atoms with Gasteiger partial charge in [0.15, 0.2) is 0 Å². The minimum Gasteiger partial charge on any atom is -0.453 e. The van der Waals surface area contributed by atoms with Crippen LogP contribution in [-0.4, -0.2) is 28.2 Å². The number of halogens is 3. The molecule has 3 rings (SSSR count). The van der Waals surface area contributed by atoms with E-state index in [2.05, 4.69) is 25.0 Å². The summed E-state index contributed by atoms with van der Waals surface area (Å²) in [5.74, 6) is 0.160. The van der Waals surface area contributed by atoms with Crippen molar-refractivity contribution in [3.63, 3.8) is 0 Å². The van der Waals surface area contributed by atoms with Gasteiger partial charge < -0.3 is 9.72 Å². The highest BCUT2D eigenvalue weighted by Crippen LogP contribution is 2.36. The Morgan fingerprint density at radius 2 is 1.93 bits per heavy atom. The zero-order valence-corrected chi connectivity index (χ0v) is 15.3. The van der Waals surface area contributed by atoms with Gasteiger partial charge in [-0.15, -0.1) is 0 Å². The van der Waals surface area contributed by atoms with Crippen LogP contribution in [0.1, 0.15) is 11.1 Å². The van der Waals surface area contributed by atoms with Crippen molar-refractivity contribution in [2.24, 2.45) is 0 Å². The number of methoxy groups -OCH3 is 1. The third kappa shape index (κ3) is 4.26. The molecule has 3 aromatic heterocycles. The van der Waals surface area contributed by atoms with E-state index in [1.807, 2.05) is 0 Å². The Balaban J connectivity index is 2.15. The summed E-state index contributed by atoms with van der Waals surface area (Å²) in [6.45, 7) is 1.54. The van der Waals surface area contributed by atoms with E-state index in [-0.39, 0.29) is 17.1 Å². The van der Waals surface area contributed by atoms with Gasteiger partial charge in [-0.2, -0.15) is 13.2 Å². The van der Waals surface area contributed by atoms with Crippen molar-refractivity contribution in [1.82, 2.24) is 15.0 Å². The van der Waals surface area contributed by atoms with Crippen molar-refractivity contribution in [3.8, 4) is 22.4 Å². The van der Waals surface area contributed by atoms with Crippen LogP contribution in [-0.2, 0) is 10.9 Å². The molecular formula is C19H15F3N4O3. The molecule has 0 saturated carbocycles. The lowest BCUT2D eigenvalue weighted by Crippen LogP contribution is -2.14. The predicted octanol–water partition coefficient (Wildman–Crippen LogP) is 4.00. The number of anilines is 1. The van der Waals surface area contributed by atoms with Gasteiger partial charge in [0.2, 0.25) is 0 Å². The summed E-state index contributed by atoms with van der Waals surface area (Å²) in [6.07, 6.45) is -1.87. The molecule has 0 atom stereocenters. The number of nitrogens with zero attached hydrogens (tertiary/aromatic N) is 2. The van der Waals surface area contributed by atoms with Crippen LogP contribution in [0.2, 0.25) is 0 Å². The fourth-order valence-corrected chi connectivity index (χ4v) is 2.75. The standard InChI is InChI=1S/C19H15F3N4O3/c1-10-12(11-3-6-24-16(7-11)26-18(28)29-2)8-15(25-17(10)27)13-9-23-5-4-14(13)19(20,21)22/h3-9H,1-2H3,(H,25,27)(H,24,26,28). The Morgan fingerprint density at radius 1 is 1.17 bits per heavy atom. The second kappa shape index (κ2) is 7.74. The van der Waals surface area contributed by atoms with E-state index in [0.29, 0.717) is 16.7 Å². The number of pyridine rings is 3. The van der Waals surface area contributed by atoms with Crippen molar-refractivity contribution < 1.29 is 22.7 Å². The monoisotopic (exact) mass is 404 g/mol. The van der Waals surface area contributed by atoms with Gasteiger partial charge in [-0.3, -0.25) is 15.1 Å². The maximum absolute atomic E-state index is 13.4. The number of H-pyrrole nitrogens is 1. The number of ether oxygens (including phenoxy) is 1. The van der Waals surface area contributed by atoms with Crippen LogP contribution < -0.4 is 10.9 Å². The molecule has 1 amide bonds. The molecule has 3 heterocycles. The van der Waals surface area contributed by atoms with Crippen molar-refractivity contribution in [2.75, 3.05) is 12.4 Å². The maximum Gasteiger partial charge on any atom is 0.417 e. The summed E-state index contributed by atoms with van der Waals surface area (Å²) in [6, 6.07) is 5.33. The lowest BCUT2D eigenvalue weighted by molar-refractivity contribution is -0.137. The number of rotatable bonds is 3. The van der Waals surface area contributed by atoms with E-state index in [1.165, 1.54) is 25.4 Å². The number of carbonyl (C=O) groups is 1. The second-order valence-corrected chi connectivity index (χ2v) is 6.02. The molecule has 0 aliphatic heterocycles. The largest absolute Gasteiger partial charge is 0.453 e. The number of hydrogen-bond donors (Lipinski definition) is 2. The topological polar surface area (TPSA) is 97.0 Å². The first-order chi connectivity index (χ1) is 13.7. The summed E-state index contributed by atoms with van der Waals surface area (Å²) < 4.78 is 44.6. The number of carbonyl (C=O) groups excluding carboxylic acids is 1. The molecule has 0 unspecified atom stereocenters. The molecule has 0 fully saturated rings. The van der Waals surface area contributed by atoms with Gasteiger partial charge in [0, 0.05) is 29.7 Å². The van der Waals surface area contributed by atoms with Gasteiger partial charge >= 0.3 is 12.3 Å². The van der Waals surface area contributed by atoms with Crippen LogP contribution in [0.15, 0.2) is 47.7 Å². The number of hydrogen-bond acceptors (Lipinski definition) is 5. The first-order valence-corrected chi connectivity index (χ1v) is 8.27. The van der Waals surface area contributed by atoms with E-state index >= 15 is 0 Å². The Morgan fingerprint density at radius 3 is 2.62 bits per heavy atom. The Hall–Kier alpha value is -3.69. The van der Waals surface area contributed by atoms with Gasteiger partial charge in [-0.05, 0) is 42.3 Å². The minimum atomic E-state index is -4.62. The number of alkyl halides is 3. The molecule has 10 heteroatoms. The quantitative estimate of drug-likeness (QED) is 0.688. The van der Waals surface area contributed by atoms with Gasteiger partial charge in [0.05, 0.1) is 18.4 Å². The first-order valence-electron chi connectivity index (χ1n) is 8.27. The molecular weight excluding hydrogens is 389 g/mol. The summed E-state index contributed by atoms with van der Waals surface area (Å²) in [7, 11) is 1.19. The lowest BCUT2D eigenvalue weighted by atomic mass is 9.98. The van der Waals surface area contributed by atoms with Crippen LogP contribution in [0.4, 0.5) is 23.8 Å². The molecule has 2 N–H and O–H groups in total. The molecule has 0 spiro atoms. The van der Waals surface area contributed by atoms with Gasteiger partial charge in [0.1, 0.15) is 5.82 Å². The molecule has 0 aliphatic carbocycles. The zero-order valence-electron chi connectivity index (χ0n) is 15.3. The summed E-state index contributed by atoms with van der Waals surface area (Å²) in [4.78, 5) is 34.0. The summed E-state index contributed by atoms with van der Waals surface area (Å²) in [5.41, 5.74) is -0.587. The second-order valence-electron chi connectivity index (χ2n) is 6.02. The van der Waals surface area contributed by atoms with Crippen molar-refractivity contribution >= 4 is 11.9 Å². The molecule has 0 radical (unpaired) electrons. The Kier molecular flexibility index (Phi) is 5.35. The molecule has 0 bridgehead atoms. The molecule has 0 saturated heterocycles. The van der Waals surface area contributed by atoms with Crippen molar-refractivity contribution in [1.29, 1.82) is 0 Å². The van der Waals surface area contributed by atoms with Gasteiger partial charge in [-0.1, -0.05) is 0 Å². The highest BCUT2D eigenvalue weighted by Gasteiger charge is 2.34. The SMILES string of the molecule is COC(=O)Nc1cc(-c2cc(-c3cnccc3C(F)(F)F)[nH]c(=O)c2C)ccn1. The summed E-state index contributed by atoms with van der Waals surface area (Å²) >= 11 is 0. The fraction of sp³-hybridized carbons (Fsp3) is 0.158. The molecule has 150 valence electrons. The van der Waals surface area contributed by atoms with E-state index in [9.17, 15) is 22.8 Å². The molecule has 3 aromatic rings. The van der Waals surface area contributed by atoms with E-state index < -0.39 is 23.4 Å². The van der Waals surface area contributed by atoms with Gasteiger partial charge in [-0.25, -0.2) is 9.78 Å². The average molecular weight is 404 g/mol. The minimum absolute atomic E-state index is 0.0321. The van der Waals surface area contributed by atoms with Crippen LogP contribution in [0.25, 0.3) is 22.4 Å². The van der Waals surface area contributed by atoms with Crippen LogP contribution in [0, 0.1) is 6.92 Å². The summed E-state index contributed by atoms with van der Waals surface area (Å²) in [5, 5.41) is 2.39. The molecule has 29 heavy (non-hydrogen) atoms. The highest BCUT2D eigenvalue weighted by atomic mass is 19.4. The molecule has 0 aliphatic rings. The highest BCUT2D eigenvalue weighted by molar-refractivity contribution is 5.84. The van der Waals surface area contributed by atoms with Gasteiger partial charge in [0.25, 0.3) is 5.56 Å². The smallest absolute Gasteiger partial charge is 0.417 e. The predicted molar refractivity (Wildman–Crippen MR) is 99.3 cm³/mol. The molecule has 7 nitrogen and oxygen atoms in total. The van der Waals surface area contributed by atoms with Crippen molar-refractivity contribution in [3.05, 3.63) is 64.3 Å². The van der Waals surface area contributed by atoms with Crippen LogP contribution in [0.3, 0.4) is 0 Å². The van der Waals surface area contributed by atoms with Crippen LogP contribution in [0.5, 0.6) is 0 Å². The fourth-order valence-electron chi connectivity index (χ4n) is 2.75. The van der Waals surface area contributed by atoms with Crippen molar-refractivity contribution in [2.45, 2.75) is 13.1 Å². The van der Waals surface area contributed by atoms with Crippen LogP contribution >= 0.6 is 0 Å². The number of aromatic amines is 1. The normalized spacial score (nSPS) is 11.2. The van der Waals surface area contributed by atoms with E-state index in [0.717, 1.165) is 18.5 Å². The third-order valence-electron chi connectivity index (χ3n) is 4.18. The number of amides is 1. The number of aromatic nitrogens is 3.